The number of nitrogens with zero attached hydrogens (tertiary/aromatic N) is 5. The highest BCUT2D eigenvalue weighted by Gasteiger charge is 2.55. The molecule has 0 aliphatic heterocycles. The van der Waals surface area contributed by atoms with Crippen molar-refractivity contribution in [1.29, 1.82) is 5.26 Å². The second-order valence-electron chi connectivity index (χ2n) is 7.54. The van der Waals surface area contributed by atoms with Crippen molar-refractivity contribution < 1.29 is 22.7 Å². The van der Waals surface area contributed by atoms with Crippen molar-refractivity contribution in [2.45, 2.75) is 31.7 Å². The summed E-state index contributed by atoms with van der Waals surface area (Å²) in [7, 11) is 0. The molecule has 0 spiro atoms. The molecule has 0 saturated heterocycles. The van der Waals surface area contributed by atoms with Crippen molar-refractivity contribution in [2.24, 2.45) is 0 Å². The molecular formula is C23H17F4N5O. The lowest BCUT2D eigenvalue weighted by atomic mass is 9.96. The fourth-order valence-electron chi connectivity index (χ4n) is 3.60. The van der Waals surface area contributed by atoms with Crippen LogP contribution in [-0.4, -0.2) is 31.3 Å². The van der Waals surface area contributed by atoms with Gasteiger partial charge in [0.25, 0.3) is 0 Å². The van der Waals surface area contributed by atoms with Crippen LogP contribution in [0.25, 0.3) is 22.0 Å². The Hall–Kier alpha value is -3.84. The van der Waals surface area contributed by atoms with Gasteiger partial charge in [-0.25, -0.2) is 14.1 Å². The smallest absolute Gasteiger partial charge is 0.375 e. The molecule has 1 atom stereocenters. The van der Waals surface area contributed by atoms with E-state index in [9.17, 15) is 27.9 Å². The van der Waals surface area contributed by atoms with Crippen molar-refractivity contribution in [3.63, 3.8) is 0 Å². The Kier molecular flexibility index (Phi) is 5.59. The van der Waals surface area contributed by atoms with Gasteiger partial charge in [-0.05, 0) is 47.4 Å². The Morgan fingerprint density at radius 1 is 1.12 bits per heavy atom. The molecule has 4 rings (SSSR count). The molecule has 0 fully saturated rings. The lowest BCUT2D eigenvalue weighted by Crippen LogP contribution is -2.42. The largest absolute Gasteiger partial charge is 0.423 e. The molecule has 4 aromatic rings. The van der Waals surface area contributed by atoms with E-state index in [1.54, 1.807) is 36.4 Å². The van der Waals surface area contributed by atoms with Gasteiger partial charge in [0.2, 0.25) is 5.60 Å². The average molecular weight is 455 g/mol. The van der Waals surface area contributed by atoms with Gasteiger partial charge < -0.3 is 5.11 Å². The van der Waals surface area contributed by atoms with E-state index in [1.165, 1.54) is 23.7 Å². The molecule has 0 radical (unpaired) electrons. The maximum Gasteiger partial charge on any atom is 0.423 e. The summed E-state index contributed by atoms with van der Waals surface area (Å²) >= 11 is 0. The molecule has 0 amide bonds. The minimum Gasteiger partial charge on any atom is -0.375 e. The van der Waals surface area contributed by atoms with Crippen molar-refractivity contribution in [3.05, 3.63) is 77.5 Å². The lowest BCUT2D eigenvalue weighted by Gasteiger charge is -2.26. The topological polar surface area (TPSA) is 87.6 Å². The Bertz CT molecular complexity index is 1380. The lowest BCUT2D eigenvalue weighted by molar-refractivity contribution is -0.269. The molecule has 2 heterocycles. The number of pyridine rings is 1. The maximum atomic E-state index is 13.7. The molecule has 0 aliphatic carbocycles. The zero-order valence-electron chi connectivity index (χ0n) is 17.3. The highest BCUT2D eigenvalue weighted by atomic mass is 19.4. The van der Waals surface area contributed by atoms with Gasteiger partial charge >= 0.3 is 6.18 Å². The van der Waals surface area contributed by atoms with E-state index in [2.05, 4.69) is 15.3 Å². The third kappa shape index (κ3) is 4.15. The zero-order chi connectivity index (χ0) is 23.8. The SMILES string of the molecule is CC[C@](O)(c1cn(Cc2ccc3c(-c4cccc(F)c4)cc(C#N)nc3c2)nn1)C(F)(F)F. The Morgan fingerprint density at radius 3 is 2.58 bits per heavy atom. The molecule has 10 heteroatoms. The standard InChI is InChI=1S/C23H17F4N5O/c1-2-22(33,23(25,26)27)21-13-32(31-30-21)12-14-6-7-18-19(15-4-3-5-16(24)9-15)10-17(11-28)29-20(18)8-14/h3-10,13,33H,2,12H2,1H3/t22-/m0/s1. The summed E-state index contributed by atoms with van der Waals surface area (Å²) in [5.41, 5.74) is -1.22. The number of benzene rings is 2. The molecule has 0 saturated carbocycles. The van der Waals surface area contributed by atoms with Crippen LogP contribution in [0.1, 0.15) is 30.3 Å². The first-order valence-corrected chi connectivity index (χ1v) is 9.94. The van der Waals surface area contributed by atoms with Gasteiger partial charge in [0.1, 0.15) is 23.3 Å². The summed E-state index contributed by atoms with van der Waals surface area (Å²) in [5, 5.41) is 27.4. The van der Waals surface area contributed by atoms with Crippen molar-refractivity contribution in [3.8, 4) is 17.2 Å². The first kappa shape index (κ1) is 22.4. The highest BCUT2D eigenvalue weighted by Crippen LogP contribution is 2.40. The molecule has 33 heavy (non-hydrogen) atoms. The van der Waals surface area contributed by atoms with Crippen LogP contribution in [0.3, 0.4) is 0 Å². The van der Waals surface area contributed by atoms with Crippen molar-refractivity contribution in [2.75, 3.05) is 0 Å². The average Bonchev–Trinajstić information content (AvgIpc) is 3.25. The van der Waals surface area contributed by atoms with Crippen LogP contribution in [0.15, 0.2) is 54.7 Å². The number of nitriles is 1. The van der Waals surface area contributed by atoms with Crippen LogP contribution in [0.5, 0.6) is 0 Å². The summed E-state index contributed by atoms with van der Waals surface area (Å²) in [6, 6.07) is 14.7. The monoisotopic (exact) mass is 455 g/mol. The molecule has 0 bridgehead atoms. The van der Waals surface area contributed by atoms with Crippen LogP contribution in [-0.2, 0) is 12.1 Å². The van der Waals surface area contributed by atoms with Crippen LogP contribution in [0, 0.1) is 17.1 Å². The number of fused-ring (bicyclic) bond motifs is 1. The van der Waals surface area contributed by atoms with Gasteiger partial charge in [-0.1, -0.05) is 36.4 Å². The number of hydrogen-bond acceptors (Lipinski definition) is 5. The van der Waals surface area contributed by atoms with Gasteiger partial charge in [0, 0.05) is 5.39 Å². The molecule has 2 aromatic heterocycles. The molecule has 0 unspecified atom stereocenters. The maximum absolute atomic E-state index is 13.7. The fourth-order valence-corrected chi connectivity index (χ4v) is 3.60. The molecule has 168 valence electrons. The van der Waals surface area contributed by atoms with E-state index in [-0.39, 0.29) is 12.2 Å². The number of rotatable bonds is 5. The normalized spacial score (nSPS) is 13.6. The summed E-state index contributed by atoms with van der Waals surface area (Å²) < 4.78 is 54.8. The molecule has 1 N–H and O–H groups in total. The van der Waals surface area contributed by atoms with Crippen LogP contribution in [0.2, 0.25) is 0 Å². The molecule has 2 aromatic carbocycles. The molecule has 6 nitrogen and oxygen atoms in total. The number of alkyl halides is 3. The number of halogens is 4. The number of hydrogen-bond donors (Lipinski definition) is 1. The predicted octanol–water partition coefficient (Wildman–Crippen LogP) is 4.71. The molecular weight excluding hydrogens is 438 g/mol. The van der Waals surface area contributed by atoms with Gasteiger partial charge in [-0.3, -0.25) is 0 Å². The van der Waals surface area contributed by atoms with Crippen molar-refractivity contribution in [1.82, 2.24) is 20.0 Å². The van der Waals surface area contributed by atoms with Crippen molar-refractivity contribution >= 4 is 10.9 Å². The van der Waals surface area contributed by atoms with E-state index in [1.807, 2.05) is 6.07 Å². The van der Waals surface area contributed by atoms with Crippen LogP contribution in [0.4, 0.5) is 17.6 Å². The first-order chi connectivity index (χ1) is 15.6. The van der Waals surface area contributed by atoms with E-state index in [0.29, 0.717) is 27.6 Å². The third-order valence-electron chi connectivity index (χ3n) is 5.41. The van der Waals surface area contributed by atoms with Gasteiger partial charge in [0.05, 0.1) is 18.3 Å². The Balaban J connectivity index is 1.71. The van der Waals surface area contributed by atoms with Gasteiger partial charge in [-0.15, -0.1) is 5.10 Å². The summed E-state index contributed by atoms with van der Waals surface area (Å²) in [6.45, 7) is 1.28. The van der Waals surface area contributed by atoms with Gasteiger partial charge in [-0.2, -0.15) is 18.4 Å². The van der Waals surface area contributed by atoms with Crippen LogP contribution >= 0.6 is 0 Å². The second kappa shape index (κ2) is 8.26. The first-order valence-electron chi connectivity index (χ1n) is 9.94. The highest BCUT2D eigenvalue weighted by molar-refractivity contribution is 5.95. The minimum atomic E-state index is -4.89. The predicted molar refractivity (Wildman–Crippen MR) is 111 cm³/mol. The van der Waals surface area contributed by atoms with E-state index < -0.39 is 29.7 Å². The van der Waals surface area contributed by atoms with Gasteiger partial charge in [0.15, 0.2) is 0 Å². The number of aromatic nitrogens is 4. The Labute approximate surface area is 185 Å². The van der Waals surface area contributed by atoms with Crippen LogP contribution < -0.4 is 0 Å². The fraction of sp³-hybridized carbons (Fsp3) is 0.217. The zero-order valence-corrected chi connectivity index (χ0v) is 17.3. The summed E-state index contributed by atoms with van der Waals surface area (Å²) in [4.78, 5) is 4.31. The number of aliphatic hydroxyl groups is 1. The third-order valence-corrected chi connectivity index (χ3v) is 5.41. The minimum absolute atomic E-state index is 0.0638. The quantitative estimate of drug-likeness (QED) is 0.441. The van der Waals surface area contributed by atoms with E-state index >= 15 is 0 Å². The van der Waals surface area contributed by atoms with E-state index in [0.717, 1.165) is 6.20 Å². The molecule has 0 aliphatic rings. The second-order valence-corrected chi connectivity index (χ2v) is 7.54. The summed E-state index contributed by atoms with van der Waals surface area (Å²) in [5.74, 6) is -0.416. The Morgan fingerprint density at radius 2 is 1.91 bits per heavy atom. The summed E-state index contributed by atoms with van der Waals surface area (Å²) in [6.07, 6.45) is -4.44. The van der Waals surface area contributed by atoms with E-state index in [4.69, 9.17) is 0 Å².